The molecule has 0 aromatic heterocycles. The molecule has 0 spiro atoms. The van der Waals surface area contributed by atoms with E-state index < -0.39 is 27.8 Å². The van der Waals surface area contributed by atoms with Crippen LogP contribution in [0.4, 0.5) is 10.1 Å². The average molecular weight is 467 g/mol. The van der Waals surface area contributed by atoms with E-state index >= 15 is 0 Å². The lowest BCUT2D eigenvalue weighted by atomic mass is 10.1. The molecule has 1 amide bonds. The van der Waals surface area contributed by atoms with Gasteiger partial charge in [-0.2, -0.15) is 4.72 Å². The van der Waals surface area contributed by atoms with Crippen LogP contribution in [-0.4, -0.2) is 20.4 Å². The Labute approximate surface area is 183 Å². The molecule has 0 aliphatic rings. The second-order valence-electron chi connectivity index (χ2n) is 6.46. The van der Waals surface area contributed by atoms with E-state index in [9.17, 15) is 17.6 Å². The van der Waals surface area contributed by atoms with Crippen molar-refractivity contribution in [3.63, 3.8) is 0 Å². The van der Waals surface area contributed by atoms with Crippen LogP contribution >= 0.6 is 23.2 Å². The number of amides is 1. The third kappa shape index (κ3) is 6.03. The van der Waals surface area contributed by atoms with Gasteiger partial charge in [-0.05, 0) is 54.4 Å². The Morgan fingerprint density at radius 1 is 0.933 bits per heavy atom. The number of benzene rings is 3. The first-order valence-electron chi connectivity index (χ1n) is 8.82. The van der Waals surface area contributed by atoms with Crippen LogP contribution in [0.3, 0.4) is 0 Å². The van der Waals surface area contributed by atoms with Crippen molar-refractivity contribution in [3.8, 4) is 0 Å². The van der Waals surface area contributed by atoms with Gasteiger partial charge < -0.3 is 5.32 Å². The molecule has 3 aromatic rings. The molecule has 0 aliphatic carbocycles. The van der Waals surface area contributed by atoms with Crippen LogP contribution in [-0.2, 0) is 21.2 Å². The Bertz CT molecular complexity index is 1120. The van der Waals surface area contributed by atoms with Crippen molar-refractivity contribution in [2.75, 3.05) is 5.32 Å². The molecule has 30 heavy (non-hydrogen) atoms. The van der Waals surface area contributed by atoms with Gasteiger partial charge in [0.2, 0.25) is 15.9 Å². The summed E-state index contributed by atoms with van der Waals surface area (Å²) in [6.07, 6.45) is 0.0986. The molecule has 0 bridgehead atoms. The van der Waals surface area contributed by atoms with E-state index in [0.29, 0.717) is 15.7 Å². The molecule has 5 nitrogen and oxygen atoms in total. The van der Waals surface area contributed by atoms with Gasteiger partial charge in [0.1, 0.15) is 11.9 Å². The minimum Gasteiger partial charge on any atom is -0.325 e. The van der Waals surface area contributed by atoms with Crippen molar-refractivity contribution >= 4 is 44.8 Å². The number of hydrogen-bond acceptors (Lipinski definition) is 3. The van der Waals surface area contributed by atoms with E-state index in [4.69, 9.17) is 23.2 Å². The summed E-state index contributed by atoms with van der Waals surface area (Å²) in [6, 6.07) is 16.7. The predicted octanol–water partition coefficient (Wildman–Crippen LogP) is 4.66. The first-order chi connectivity index (χ1) is 14.2. The summed E-state index contributed by atoms with van der Waals surface area (Å²) in [5.74, 6) is -1.16. The van der Waals surface area contributed by atoms with Crippen LogP contribution in [0, 0.1) is 5.82 Å². The van der Waals surface area contributed by atoms with Crippen LogP contribution in [0.2, 0.25) is 10.0 Å². The number of rotatable bonds is 7. The fourth-order valence-electron chi connectivity index (χ4n) is 2.76. The predicted molar refractivity (Wildman–Crippen MR) is 116 cm³/mol. The van der Waals surface area contributed by atoms with Crippen molar-refractivity contribution in [1.82, 2.24) is 4.72 Å². The number of hydrogen-bond donors (Lipinski definition) is 2. The van der Waals surface area contributed by atoms with Crippen molar-refractivity contribution in [3.05, 3.63) is 94.2 Å². The van der Waals surface area contributed by atoms with Crippen LogP contribution in [0.1, 0.15) is 5.56 Å². The first kappa shape index (κ1) is 22.2. The molecule has 0 aliphatic heterocycles. The third-order valence-corrected chi connectivity index (χ3v) is 6.07. The lowest BCUT2D eigenvalue weighted by molar-refractivity contribution is -0.117. The van der Waals surface area contributed by atoms with E-state index in [-0.39, 0.29) is 11.3 Å². The van der Waals surface area contributed by atoms with Crippen LogP contribution in [0.5, 0.6) is 0 Å². The Morgan fingerprint density at radius 3 is 2.13 bits per heavy atom. The second-order valence-corrected chi connectivity index (χ2v) is 9.05. The molecule has 0 saturated heterocycles. The largest absolute Gasteiger partial charge is 0.325 e. The van der Waals surface area contributed by atoms with Crippen LogP contribution in [0.15, 0.2) is 77.7 Å². The number of anilines is 1. The van der Waals surface area contributed by atoms with Gasteiger partial charge in [-0.3, -0.25) is 4.79 Å². The quantitative estimate of drug-likeness (QED) is 0.531. The van der Waals surface area contributed by atoms with E-state index in [2.05, 4.69) is 10.0 Å². The minimum atomic E-state index is -4.08. The maximum absolute atomic E-state index is 13.2. The summed E-state index contributed by atoms with van der Waals surface area (Å²) in [5, 5.41) is 3.28. The molecule has 0 saturated carbocycles. The van der Waals surface area contributed by atoms with Crippen LogP contribution < -0.4 is 10.0 Å². The smallest absolute Gasteiger partial charge is 0.242 e. The Balaban J connectivity index is 1.87. The molecule has 0 heterocycles. The van der Waals surface area contributed by atoms with E-state index in [1.807, 2.05) is 6.07 Å². The van der Waals surface area contributed by atoms with E-state index in [0.717, 1.165) is 29.8 Å². The van der Waals surface area contributed by atoms with Gasteiger partial charge in [-0.25, -0.2) is 12.8 Å². The molecule has 3 aromatic carbocycles. The monoisotopic (exact) mass is 466 g/mol. The van der Waals surface area contributed by atoms with Gasteiger partial charge in [0.25, 0.3) is 0 Å². The SMILES string of the molecule is O=C(Nc1cc(Cl)cc(Cl)c1)[C@@H](Cc1ccccc1)NS(=O)(=O)c1ccc(F)cc1. The normalized spacial score (nSPS) is 12.4. The number of carbonyl (C=O) groups excluding carboxylic acids is 1. The fourth-order valence-corrected chi connectivity index (χ4v) is 4.48. The summed E-state index contributed by atoms with van der Waals surface area (Å²) in [4.78, 5) is 12.8. The van der Waals surface area contributed by atoms with Crippen molar-refractivity contribution in [2.24, 2.45) is 0 Å². The zero-order chi connectivity index (χ0) is 21.7. The molecular formula is C21H17Cl2FN2O3S. The number of halogens is 3. The Morgan fingerprint density at radius 2 is 1.53 bits per heavy atom. The fraction of sp³-hybridized carbons (Fsp3) is 0.0952. The lowest BCUT2D eigenvalue weighted by Gasteiger charge is -2.19. The van der Waals surface area contributed by atoms with Gasteiger partial charge in [0.05, 0.1) is 4.90 Å². The van der Waals surface area contributed by atoms with Gasteiger partial charge >= 0.3 is 0 Å². The minimum absolute atomic E-state index is 0.0986. The number of carbonyl (C=O) groups is 1. The maximum atomic E-state index is 13.2. The molecule has 3 rings (SSSR count). The van der Waals surface area contributed by atoms with Crippen molar-refractivity contribution in [1.29, 1.82) is 0 Å². The molecule has 2 N–H and O–H groups in total. The molecule has 9 heteroatoms. The van der Waals surface area contributed by atoms with Crippen molar-refractivity contribution < 1.29 is 17.6 Å². The van der Waals surface area contributed by atoms with Gasteiger partial charge in [-0.15, -0.1) is 0 Å². The third-order valence-electron chi connectivity index (χ3n) is 4.15. The highest BCUT2D eigenvalue weighted by atomic mass is 35.5. The standard InChI is InChI=1S/C21H17Cl2FN2O3S/c22-15-11-16(23)13-18(12-15)25-21(27)20(10-14-4-2-1-3-5-14)26-30(28,29)19-8-6-17(24)7-9-19/h1-9,11-13,20,26H,10H2,(H,25,27)/t20-/m1/s1. The second kappa shape index (κ2) is 9.57. The van der Waals surface area contributed by atoms with Crippen molar-refractivity contribution in [2.45, 2.75) is 17.4 Å². The zero-order valence-electron chi connectivity index (χ0n) is 15.5. The highest BCUT2D eigenvalue weighted by Crippen LogP contribution is 2.23. The maximum Gasteiger partial charge on any atom is 0.242 e. The number of sulfonamides is 1. The summed E-state index contributed by atoms with van der Waals surface area (Å²) in [5.41, 5.74) is 1.08. The summed E-state index contributed by atoms with van der Waals surface area (Å²) < 4.78 is 41.1. The molecule has 1 atom stereocenters. The summed E-state index contributed by atoms with van der Waals surface area (Å²) in [7, 11) is -4.08. The Hall–Kier alpha value is -2.45. The van der Waals surface area contributed by atoms with E-state index in [1.165, 1.54) is 18.2 Å². The first-order valence-corrected chi connectivity index (χ1v) is 11.1. The zero-order valence-corrected chi connectivity index (χ0v) is 17.8. The van der Waals surface area contributed by atoms with Gasteiger partial charge in [0, 0.05) is 15.7 Å². The highest BCUT2D eigenvalue weighted by Gasteiger charge is 2.26. The summed E-state index contributed by atoms with van der Waals surface area (Å²) in [6.45, 7) is 0. The molecular weight excluding hydrogens is 450 g/mol. The number of nitrogens with one attached hydrogen (secondary N) is 2. The topological polar surface area (TPSA) is 75.3 Å². The van der Waals surface area contributed by atoms with Gasteiger partial charge in [-0.1, -0.05) is 53.5 Å². The highest BCUT2D eigenvalue weighted by molar-refractivity contribution is 7.89. The molecule has 0 radical (unpaired) electrons. The summed E-state index contributed by atoms with van der Waals surface area (Å²) >= 11 is 11.9. The molecule has 0 fully saturated rings. The average Bonchev–Trinajstić information content (AvgIpc) is 2.67. The van der Waals surface area contributed by atoms with Gasteiger partial charge in [0.15, 0.2) is 0 Å². The molecule has 0 unspecified atom stereocenters. The van der Waals surface area contributed by atoms with Crippen LogP contribution in [0.25, 0.3) is 0 Å². The van der Waals surface area contributed by atoms with E-state index in [1.54, 1.807) is 24.3 Å². The Kier molecular flexibility index (Phi) is 7.10. The molecule has 156 valence electrons. The lowest BCUT2D eigenvalue weighted by Crippen LogP contribution is -2.45.